The van der Waals surface area contributed by atoms with Gasteiger partial charge in [0, 0.05) is 36.5 Å². The summed E-state index contributed by atoms with van der Waals surface area (Å²) in [7, 11) is 0. The zero-order valence-corrected chi connectivity index (χ0v) is 14.8. The summed E-state index contributed by atoms with van der Waals surface area (Å²) in [6.07, 6.45) is 9.56. The van der Waals surface area contributed by atoms with Crippen LogP contribution < -0.4 is 5.32 Å². The number of hydrogen-bond donors (Lipinski definition) is 1. The molecule has 1 aromatic rings. The first-order chi connectivity index (χ1) is 11.2. The first-order valence-electron chi connectivity index (χ1n) is 8.83. The lowest BCUT2D eigenvalue weighted by Gasteiger charge is -2.41. The fourth-order valence-electron chi connectivity index (χ4n) is 4.07. The van der Waals surface area contributed by atoms with Crippen LogP contribution in [0.15, 0.2) is 24.3 Å². The van der Waals surface area contributed by atoms with E-state index in [-0.39, 0.29) is 11.2 Å². The normalized spacial score (nSPS) is 27.7. The second kappa shape index (κ2) is 8.00. The SMILES string of the molecule is CS[C@@H]1CCCC[C@@H]1NCC1(c2ccc(F)cc2)CCOCC1. The Kier molecular flexibility index (Phi) is 6.00. The average Bonchev–Trinajstić information content (AvgIpc) is 2.61. The highest BCUT2D eigenvalue weighted by molar-refractivity contribution is 7.99. The van der Waals surface area contributed by atoms with Crippen molar-refractivity contribution in [1.82, 2.24) is 5.32 Å². The lowest BCUT2D eigenvalue weighted by atomic mass is 9.73. The maximum Gasteiger partial charge on any atom is 0.123 e. The average molecular weight is 338 g/mol. The van der Waals surface area contributed by atoms with Crippen molar-refractivity contribution in [3.63, 3.8) is 0 Å². The quantitative estimate of drug-likeness (QED) is 0.872. The number of hydrogen-bond acceptors (Lipinski definition) is 3. The summed E-state index contributed by atoms with van der Waals surface area (Å²) in [4.78, 5) is 0. The topological polar surface area (TPSA) is 21.3 Å². The predicted octanol–water partition coefficient (Wildman–Crippen LogP) is 4.14. The fourth-order valence-corrected chi connectivity index (χ4v) is 5.04. The van der Waals surface area contributed by atoms with Crippen molar-refractivity contribution in [3.05, 3.63) is 35.6 Å². The highest BCUT2D eigenvalue weighted by Crippen LogP contribution is 2.35. The number of halogens is 1. The number of benzene rings is 1. The molecule has 0 spiro atoms. The minimum atomic E-state index is -0.154. The van der Waals surface area contributed by atoms with Crippen molar-refractivity contribution in [2.24, 2.45) is 0 Å². The molecule has 0 unspecified atom stereocenters. The van der Waals surface area contributed by atoms with Crippen LogP contribution >= 0.6 is 11.8 Å². The van der Waals surface area contributed by atoms with Crippen LogP contribution in [0.25, 0.3) is 0 Å². The van der Waals surface area contributed by atoms with Crippen molar-refractivity contribution in [3.8, 4) is 0 Å². The van der Waals surface area contributed by atoms with E-state index >= 15 is 0 Å². The highest BCUT2D eigenvalue weighted by Gasteiger charge is 2.36. The van der Waals surface area contributed by atoms with E-state index in [1.807, 2.05) is 23.9 Å². The molecule has 1 saturated carbocycles. The van der Waals surface area contributed by atoms with Gasteiger partial charge in [-0.15, -0.1) is 0 Å². The van der Waals surface area contributed by atoms with Gasteiger partial charge in [0.1, 0.15) is 5.82 Å². The molecule has 0 bridgehead atoms. The van der Waals surface area contributed by atoms with Crippen LogP contribution in [0.2, 0.25) is 0 Å². The van der Waals surface area contributed by atoms with E-state index in [1.165, 1.54) is 31.2 Å². The van der Waals surface area contributed by atoms with Gasteiger partial charge in [0.25, 0.3) is 0 Å². The molecule has 2 atom stereocenters. The maximum atomic E-state index is 13.3. The highest BCUT2D eigenvalue weighted by atomic mass is 32.2. The number of ether oxygens (including phenoxy) is 1. The Morgan fingerprint density at radius 3 is 2.57 bits per heavy atom. The minimum Gasteiger partial charge on any atom is -0.381 e. The van der Waals surface area contributed by atoms with E-state index in [4.69, 9.17) is 4.74 Å². The van der Waals surface area contributed by atoms with Crippen molar-refractivity contribution in [2.75, 3.05) is 26.0 Å². The molecule has 2 nitrogen and oxygen atoms in total. The lowest BCUT2D eigenvalue weighted by Crippen LogP contribution is -2.49. The smallest absolute Gasteiger partial charge is 0.123 e. The molecule has 1 aliphatic heterocycles. The van der Waals surface area contributed by atoms with Crippen LogP contribution in [-0.2, 0) is 10.2 Å². The Morgan fingerprint density at radius 2 is 1.87 bits per heavy atom. The van der Waals surface area contributed by atoms with Crippen LogP contribution in [0.3, 0.4) is 0 Å². The molecule has 128 valence electrons. The van der Waals surface area contributed by atoms with Gasteiger partial charge in [-0.25, -0.2) is 4.39 Å². The zero-order valence-electron chi connectivity index (χ0n) is 14.0. The molecule has 1 N–H and O–H groups in total. The predicted molar refractivity (Wildman–Crippen MR) is 95.7 cm³/mol. The maximum absolute atomic E-state index is 13.3. The van der Waals surface area contributed by atoms with Gasteiger partial charge >= 0.3 is 0 Å². The molecule has 1 saturated heterocycles. The number of nitrogens with one attached hydrogen (secondary N) is 1. The van der Waals surface area contributed by atoms with Gasteiger partial charge in [0.2, 0.25) is 0 Å². The molecular formula is C19H28FNOS. The molecule has 1 aromatic carbocycles. The molecule has 0 amide bonds. The number of thioether (sulfide) groups is 1. The molecular weight excluding hydrogens is 309 g/mol. The zero-order chi connectivity index (χ0) is 16.1. The molecule has 4 heteroatoms. The largest absolute Gasteiger partial charge is 0.381 e. The molecule has 2 fully saturated rings. The number of rotatable bonds is 5. The van der Waals surface area contributed by atoms with E-state index in [0.29, 0.717) is 6.04 Å². The van der Waals surface area contributed by atoms with E-state index in [9.17, 15) is 4.39 Å². The van der Waals surface area contributed by atoms with Crippen molar-refractivity contribution in [1.29, 1.82) is 0 Å². The summed E-state index contributed by atoms with van der Waals surface area (Å²) >= 11 is 2.00. The van der Waals surface area contributed by atoms with Gasteiger partial charge in [0.05, 0.1) is 0 Å². The van der Waals surface area contributed by atoms with Crippen LogP contribution in [0.5, 0.6) is 0 Å². The third-order valence-corrected chi connectivity index (χ3v) is 6.78. The monoisotopic (exact) mass is 337 g/mol. The summed E-state index contributed by atoms with van der Waals surface area (Å²) in [5.74, 6) is -0.154. The van der Waals surface area contributed by atoms with Crippen LogP contribution in [-0.4, -0.2) is 37.3 Å². The second-order valence-electron chi connectivity index (χ2n) is 6.95. The Bertz CT molecular complexity index is 487. The molecule has 23 heavy (non-hydrogen) atoms. The summed E-state index contributed by atoms with van der Waals surface area (Å²) in [6.45, 7) is 2.58. The van der Waals surface area contributed by atoms with Gasteiger partial charge in [0.15, 0.2) is 0 Å². The summed E-state index contributed by atoms with van der Waals surface area (Å²) in [5.41, 5.74) is 1.35. The third kappa shape index (κ3) is 4.09. The van der Waals surface area contributed by atoms with Crippen molar-refractivity contribution in [2.45, 2.75) is 55.2 Å². The van der Waals surface area contributed by atoms with E-state index in [2.05, 4.69) is 11.6 Å². The Morgan fingerprint density at radius 1 is 1.17 bits per heavy atom. The summed E-state index contributed by atoms with van der Waals surface area (Å²) in [5, 5.41) is 4.61. The summed E-state index contributed by atoms with van der Waals surface area (Å²) in [6, 6.07) is 7.74. The molecule has 1 heterocycles. The van der Waals surface area contributed by atoms with Crippen molar-refractivity contribution >= 4 is 11.8 Å². The summed E-state index contributed by atoms with van der Waals surface area (Å²) < 4.78 is 18.9. The van der Waals surface area contributed by atoms with Gasteiger partial charge in [-0.05, 0) is 49.6 Å². The van der Waals surface area contributed by atoms with Crippen LogP contribution in [0, 0.1) is 5.82 Å². The first kappa shape index (κ1) is 17.2. The van der Waals surface area contributed by atoms with Crippen molar-refractivity contribution < 1.29 is 9.13 Å². The Labute approximate surface area is 143 Å². The minimum absolute atomic E-state index is 0.0896. The third-order valence-electron chi connectivity index (χ3n) is 5.61. The standard InChI is InChI=1S/C19H28FNOS/c1-23-18-5-3-2-4-17(18)21-14-19(10-12-22-13-11-19)15-6-8-16(20)9-7-15/h6-9,17-18,21H,2-5,10-14H2,1H3/t17-,18+/m0/s1. The molecule has 2 aliphatic rings. The van der Waals surface area contributed by atoms with Gasteiger partial charge in [-0.2, -0.15) is 11.8 Å². The van der Waals surface area contributed by atoms with E-state index in [0.717, 1.165) is 37.9 Å². The van der Waals surface area contributed by atoms with Crippen LogP contribution in [0.1, 0.15) is 44.1 Å². The Hall–Kier alpha value is -0.580. The van der Waals surface area contributed by atoms with Gasteiger partial charge < -0.3 is 10.1 Å². The van der Waals surface area contributed by atoms with Gasteiger partial charge in [-0.1, -0.05) is 25.0 Å². The van der Waals surface area contributed by atoms with E-state index in [1.54, 1.807) is 12.1 Å². The van der Waals surface area contributed by atoms with Crippen LogP contribution in [0.4, 0.5) is 4.39 Å². The van der Waals surface area contributed by atoms with Gasteiger partial charge in [-0.3, -0.25) is 0 Å². The lowest BCUT2D eigenvalue weighted by molar-refractivity contribution is 0.0484. The molecule has 0 aromatic heterocycles. The Balaban J connectivity index is 1.72. The second-order valence-corrected chi connectivity index (χ2v) is 8.02. The molecule has 0 radical (unpaired) electrons. The molecule has 1 aliphatic carbocycles. The molecule has 3 rings (SSSR count). The van der Waals surface area contributed by atoms with E-state index < -0.39 is 0 Å². The first-order valence-corrected chi connectivity index (χ1v) is 10.1. The fraction of sp³-hybridized carbons (Fsp3) is 0.684.